The molecule has 0 aliphatic carbocycles. The maximum absolute atomic E-state index is 12.6. The van der Waals surface area contributed by atoms with E-state index in [1.165, 1.54) is 11.8 Å². The zero-order chi connectivity index (χ0) is 25.5. The van der Waals surface area contributed by atoms with E-state index in [9.17, 15) is 9.90 Å². The fourth-order valence-electron chi connectivity index (χ4n) is 3.41. The first-order valence-electron chi connectivity index (χ1n) is 11.1. The third-order valence-electron chi connectivity index (χ3n) is 5.25. The summed E-state index contributed by atoms with van der Waals surface area (Å²) in [6.07, 6.45) is 0.619. The average molecular weight is 522 g/mol. The average Bonchev–Trinajstić information content (AvgIpc) is 3.33. The van der Waals surface area contributed by atoms with E-state index in [1.54, 1.807) is 43.5 Å². The van der Waals surface area contributed by atoms with E-state index in [2.05, 4.69) is 20.7 Å². The van der Waals surface area contributed by atoms with Crippen molar-refractivity contribution in [3.05, 3.63) is 83.4 Å². The number of rotatable bonds is 9. The molecule has 0 saturated carbocycles. The molecule has 0 atom stereocenters. The van der Waals surface area contributed by atoms with Crippen molar-refractivity contribution in [2.45, 2.75) is 18.5 Å². The Morgan fingerprint density at radius 2 is 1.75 bits per heavy atom. The number of phenols is 1. The lowest BCUT2D eigenvalue weighted by molar-refractivity contribution is -0.118. The number of nitrogens with zero attached hydrogens (tertiary/aromatic N) is 4. The third kappa shape index (κ3) is 6.05. The molecule has 0 bridgehead atoms. The molecule has 8 nitrogen and oxygen atoms in total. The van der Waals surface area contributed by atoms with Crippen molar-refractivity contribution in [2.75, 3.05) is 12.9 Å². The molecule has 2 N–H and O–H groups in total. The number of amides is 1. The number of nitrogens with one attached hydrogen (secondary N) is 1. The van der Waals surface area contributed by atoms with Gasteiger partial charge in [-0.25, -0.2) is 5.43 Å². The van der Waals surface area contributed by atoms with E-state index < -0.39 is 0 Å². The highest BCUT2D eigenvalue weighted by Crippen LogP contribution is 2.29. The number of carbonyl (C=O) groups is 1. The lowest BCUT2D eigenvalue weighted by Gasteiger charge is -2.11. The number of carbonyl (C=O) groups excluding carboxylic acids is 1. The van der Waals surface area contributed by atoms with Crippen LogP contribution in [0.1, 0.15) is 18.9 Å². The zero-order valence-electron chi connectivity index (χ0n) is 19.7. The summed E-state index contributed by atoms with van der Waals surface area (Å²) in [5, 5.41) is 23.7. The van der Waals surface area contributed by atoms with Gasteiger partial charge in [-0.1, -0.05) is 30.3 Å². The molecular formula is C26H24ClN5O3S. The Morgan fingerprint density at radius 3 is 2.39 bits per heavy atom. The van der Waals surface area contributed by atoms with Crippen LogP contribution in [-0.2, 0) is 4.79 Å². The molecule has 4 rings (SSSR count). The number of hydrogen-bond acceptors (Lipinski definition) is 7. The summed E-state index contributed by atoms with van der Waals surface area (Å²) in [5.41, 5.74) is 5.81. The summed E-state index contributed by atoms with van der Waals surface area (Å²) in [5.74, 6) is 1.35. The minimum absolute atomic E-state index is 0.0877. The van der Waals surface area contributed by atoms with Crippen LogP contribution in [0, 0.1) is 0 Å². The molecule has 1 aromatic heterocycles. The Balaban J connectivity index is 1.54. The predicted molar refractivity (Wildman–Crippen MR) is 142 cm³/mol. The van der Waals surface area contributed by atoms with Crippen LogP contribution in [0.4, 0.5) is 0 Å². The fourth-order valence-corrected chi connectivity index (χ4v) is 4.28. The summed E-state index contributed by atoms with van der Waals surface area (Å²) in [7, 11) is 1.61. The van der Waals surface area contributed by atoms with Crippen molar-refractivity contribution in [1.29, 1.82) is 0 Å². The van der Waals surface area contributed by atoms with Crippen molar-refractivity contribution in [3.8, 4) is 28.6 Å². The van der Waals surface area contributed by atoms with E-state index >= 15 is 0 Å². The highest BCUT2D eigenvalue weighted by atomic mass is 35.5. The van der Waals surface area contributed by atoms with Gasteiger partial charge in [-0.05, 0) is 84.8 Å². The number of aromatic nitrogens is 3. The van der Waals surface area contributed by atoms with Crippen LogP contribution in [-0.4, -0.2) is 44.4 Å². The van der Waals surface area contributed by atoms with E-state index in [1.807, 2.05) is 47.9 Å². The molecule has 4 aromatic rings. The number of halogens is 1. The highest BCUT2D eigenvalue weighted by molar-refractivity contribution is 7.99. The molecule has 0 aliphatic rings. The Labute approximate surface area is 218 Å². The minimum Gasteiger partial charge on any atom is -0.508 e. The maximum Gasteiger partial charge on any atom is 0.250 e. The molecule has 184 valence electrons. The van der Waals surface area contributed by atoms with Gasteiger partial charge in [0.25, 0.3) is 5.91 Å². The molecule has 10 heteroatoms. The van der Waals surface area contributed by atoms with Crippen LogP contribution in [0.15, 0.2) is 83.1 Å². The standard InChI is InChI=1S/C26H24ClN5O3S/c1-3-23(17-4-12-21(33)13-5-17)28-29-24(34)16-36-26-31-30-25(18-6-14-22(35-2)15-7-18)32(26)20-10-8-19(27)9-11-20/h4-15,33H,3,16H2,1-2H3,(H,29,34). The van der Waals surface area contributed by atoms with Crippen LogP contribution in [0.3, 0.4) is 0 Å². The van der Waals surface area contributed by atoms with Gasteiger partial charge in [-0.3, -0.25) is 9.36 Å². The summed E-state index contributed by atoms with van der Waals surface area (Å²) in [6.45, 7) is 1.95. The minimum atomic E-state index is -0.276. The second-order valence-corrected chi connectivity index (χ2v) is 9.01. The van der Waals surface area contributed by atoms with Gasteiger partial charge in [-0.15, -0.1) is 10.2 Å². The van der Waals surface area contributed by atoms with E-state index in [0.29, 0.717) is 28.1 Å². The van der Waals surface area contributed by atoms with Crippen LogP contribution < -0.4 is 10.2 Å². The molecule has 1 amide bonds. The van der Waals surface area contributed by atoms with Crippen molar-refractivity contribution in [1.82, 2.24) is 20.2 Å². The molecule has 0 spiro atoms. The Bertz CT molecular complexity index is 1350. The number of benzene rings is 3. The number of thioether (sulfide) groups is 1. The summed E-state index contributed by atoms with van der Waals surface area (Å²) >= 11 is 7.34. The van der Waals surface area contributed by atoms with Gasteiger partial charge < -0.3 is 9.84 Å². The van der Waals surface area contributed by atoms with Crippen molar-refractivity contribution < 1.29 is 14.6 Å². The summed E-state index contributed by atoms with van der Waals surface area (Å²) in [6, 6.07) is 21.5. The molecular weight excluding hydrogens is 498 g/mol. The number of phenolic OH excluding ortho intramolecular Hbond substituents is 1. The second-order valence-electron chi connectivity index (χ2n) is 7.63. The Hall–Kier alpha value is -3.82. The van der Waals surface area contributed by atoms with Gasteiger partial charge in [0.2, 0.25) is 0 Å². The first-order chi connectivity index (χ1) is 17.5. The van der Waals surface area contributed by atoms with Gasteiger partial charge in [0.05, 0.1) is 18.6 Å². The molecule has 36 heavy (non-hydrogen) atoms. The first-order valence-corrected chi connectivity index (χ1v) is 12.5. The largest absolute Gasteiger partial charge is 0.508 e. The molecule has 3 aromatic carbocycles. The SMILES string of the molecule is CCC(=NNC(=O)CSc1nnc(-c2ccc(OC)cc2)n1-c1ccc(Cl)cc1)c1ccc(O)cc1. The Morgan fingerprint density at radius 1 is 1.06 bits per heavy atom. The monoisotopic (exact) mass is 521 g/mol. The molecule has 0 saturated heterocycles. The quantitative estimate of drug-likeness (QED) is 0.175. The maximum atomic E-state index is 12.6. The van der Waals surface area contributed by atoms with Crippen molar-refractivity contribution >= 4 is 35.0 Å². The smallest absolute Gasteiger partial charge is 0.250 e. The number of ether oxygens (including phenoxy) is 1. The fraction of sp³-hybridized carbons (Fsp3) is 0.154. The van der Waals surface area contributed by atoms with Gasteiger partial charge >= 0.3 is 0 Å². The van der Waals surface area contributed by atoms with Gasteiger partial charge in [-0.2, -0.15) is 5.10 Å². The topological polar surface area (TPSA) is 102 Å². The van der Waals surface area contributed by atoms with Crippen LogP contribution >= 0.6 is 23.4 Å². The molecule has 0 aliphatic heterocycles. The molecule has 0 radical (unpaired) electrons. The summed E-state index contributed by atoms with van der Waals surface area (Å²) < 4.78 is 7.14. The number of methoxy groups -OCH3 is 1. The highest BCUT2D eigenvalue weighted by Gasteiger charge is 2.17. The van der Waals surface area contributed by atoms with Crippen LogP contribution in [0.25, 0.3) is 17.1 Å². The van der Waals surface area contributed by atoms with Crippen LogP contribution in [0.2, 0.25) is 5.02 Å². The van der Waals surface area contributed by atoms with Crippen LogP contribution in [0.5, 0.6) is 11.5 Å². The zero-order valence-corrected chi connectivity index (χ0v) is 21.3. The van der Waals surface area contributed by atoms with Crippen molar-refractivity contribution in [3.63, 3.8) is 0 Å². The number of hydrazone groups is 1. The van der Waals surface area contributed by atoms with E-state index in [4.69, 9.17) is 16.3 Å². The van der Waals surface area contributed by atoms with Crippen molar-refractivity contribution in [2.24, 2.45) is 5.10 Å². The molecule has 0 fully saturated rings. The van der Waals surface area contributed by atoms with E-state index in [-0.39, 0.29) is 17.4 Å². The molecule has 1 heterocycles. The predicted octanol–water partition coefficient (Wildman–Crippen LogP) is 5.32. The Kier molecular flexibility index (Phi) is 8.24. The second kappa shape index (κ2) is 11.7. The summed E-state index contributed by atoms with van der Waals surface area (Å²) in [4.78, 5) is 12.6. The first kappa shape index (κ1) is 25.3. The number of hydrogen-bond donors (Lipinski definition) is 2. The normalized spacial score (nSPS) is 11.4. The van der Waals surface area contributed by atoms with Gasteiger partial charge in [0.15, 0.2) is 11.0 Å². The molecule has 0 unspecified atom stereocenters. The van der Waals surface area contributed by atoms with Gasteiger partial charge in [0, 0.05) is 16.3 Å². The number of aromatic hydroxyl groups is 1. The van der Waals surface area contributed by atoms with Gasteiger partial charge in [0.1, 0.15) is 11.5 Å². The lowest BCUT2D eigenvalue weighted by atomic mass is 10.1. The van der Waals surface area contributed by atoms with E-state index in [0.717, 1.165) is 22.6 Å². The third-order valence-corrected chi connectivity index (χ3v) is 6.43. The lowest BCUT2D eigenvalue weighted by Crippen LogP contribution is -2.22.